The Morgan fingerprint density at radius 1 is 0.952 bits per heavy atom. The molecule has 108 valence electrons. The standard InChI is InChI=1S/C18H18O3/c1-2-5-16-6-3-4-7-18(16)21-13-12-20-17-10-8-15(14-19)9-11-17/h2-4,6-11,14H,1,5,12-13H2. The lowest BCUT2D eigenvalue weighted by atomic mass is 10.1. The minimum atomic E-state index is 0.447. The predicted molar refractivity (Wildman–Crippen MR) is 83.2 cm³/mol. The van der Waals surface area contributed by atoms with Crippen LogP contribution in [0.15, 0.2) is 61.2 Å². The molecule has 0 saturated carbocycles. The molecule has 0 radical (unpaired) electrons. The van der Waals surface area contributed by atoms with E-state index >= 15 is 0 Å². The Hall–Kier alpha value is -2.55. The Morgan fingerprint density at radius 2 is 1.67 bits per heavy atom. The Balaban J connectivity index is 1.81. The van der Waals surface area contributed by atoms with Crippen LogP contribution in [0, 0.1) is 0 Å². The van der Waals surface area contributed by atoms with Crippen molar-refractivity contribution >= 4 is 6.29 Å². The van der Waals surface area contributed by atoms with E-state index in [-0.39, 0.29) is 0 Å². The zero-order chi connectivity index (χ0) is 14.9. The van der Waals surface area contributed by atoms with Gasteiger partial charge >= 0.3 is 0 Å². The summed E-state index contributed by atoms with van der Waals surface area (Å²) >= 11 is 0. The van der Waals surface area contributed by atoms with Crippen LogP contribution in [0.3, 0.4) is 0 Å². The molecule has 0 bridgehead atoms. The molecular weight excluding hydrogens is 264 g/mol. The molecule has 0 N–H and O–H groups in total. The average Bonchev–Trinajstić information content (AvgIpc) is 2.54. The van der Waals surface area contributed by atoms with E-state index in [1.165, 1.54) is 0 Å². The van der Waals surface area contributed by atoms with Gasteiger partial charge in [0.05, 0.1) is 0 Å². The van der Waals surface area contributed by atoms with Crippen molar-refractivity contribution < 1.29 is 14.3 Å². The second-order valence-electron chi connectivity index (χ2n) is 4.48. The van der Waals surface area contributed by atoms with Gasteiger partial charge in [-0.15, -0.1) is 6.58 Å². The monoisotopic (exact) mass is 282 g/mol. The average molecular weight is 282 g/mol. The van der Waals surface area contributed by atoms with Gasteiger partial charge in [0.2, 0.25) is 0 Å². The van der Waals surface area contributed by atoms with Gasteiger partial charge in [-0.2, -0.15) is 0 Å². The summed E-state index contributed by atoms with van der Waals surface area (Å²) in [5.41, 5.74) is 1.75. The van der Waals surface area contributed by atoms with Crippen molar-refractivity contribution in [1.82, 2.24) is 0 Å². The van der Waals surface area contributed by atoms with E-state index in [2.05, 4.69) is 6.58 Å². The molecule has 3 heteroatoms. The fourth-order valence-electron chi connectivity index (χ4n) is 1.92. The molecule has 2 aromatic carbocycles. The fraction of sp³-hybridized carbons (Fsp3) is 0.167. The van der Waals surface area contributed by atoms with E-state index in [1.54, 1.807) is 24.3 Å². The van der Waals surface area contributed by atoms with E-state index in [4.69, 9.17) is 9.47 Å². The van der Waals surface area contributed by atoms with Gasteiger partial charge in [-0.05, 0) is 42.3 Å². The topological polar surface area (TPSA) is 35.5 Å². The van der Waals surface area contributed by atoms with E-state index in [1.807, 2.05) is 30.3 Å². The Morgan fingerprint density at radius 3 is 2.38 bits per heavy atom. The van der Waals surface area contributed by atoms with Crippen LogP contribution in [-0.2, 0) is 6.42 Å². The summed E-state index contributed by atoms with van der Waals surface area (Å²) in [6.45, 7) is 4.65. The summed E-state index contributed by atoms with van der Waals surface area (Å²) in [4.78, 5) is 10.6. The number of para-hydroxylation sites is 1. The summed E-state index contributed by atoms with van der Waals surface area (Å²) in [6, 6.07) is 14.9. The lowest BCUT2D eigenvalue weighted by Crippen LogP contribution is -2.09. The van der Waals surface area contributed by atoms with Gasteiger partial charge in [0.15, 0.2) is 0 Å². The van der Waals surface area contributed by atoms with Gasteiger partial charge < -0.3 is 9.47 Å². The number of hydrogen-bond acceptors (Lipinski definition) is 3. The smallest absolute Gasteiger partial charge is 0.150 e. The number of benzene rings is 2. The largest absolute Gasteiger partial charge is 0.490 e. The van der Waals surface area contributed by atoms with Crippen molar-refractivity contribution in [3.63, 3.8) is 0 Å². The van der Waals surface area contributed by atoms with Crippen molar-refractivity contribution in [2.75, 3.05) is 13.2 Å². The maximum absolute atomic E-state index is 10.6. The van der Waals surface area contributed by atoms with E-state index in [0.717, 1.165) is 29.8 Å². The van der Waals surface area contributed by atoms with Crippen LogP contribution in [0.2, 0.25) is 0 Å². The van der Waals surface area contributed by atoms with Crippen LogP contribution in [-0.4, -0.2) is 19.5 Å². The van der Waals surface area contributed by atoms with Crippen LogP contribution in [0.25, 0.3) is 0 Å². The molecular formula is C18H18O3. The molecule has 0 heterocycles. The van der Waals surface area contributed by atoms with Gasteiger partial charge in [-0.1, -0.05) is 24.3 Å². The zero-order valence-corrected chi connectivity index (χ0v) is 11.8. The number of rotatable bonds is 8. The highest BCUT2D eigenvalue weighted by atomic mass is 16.5. The third kappa shape index (κ3) is 4.49. The molecule has 3 nitrogen and oxygen atoms in total. The molecule has 2 rings (SSSR count). The van der Waals surface area contributed by atoms with Crippen LogP contribution in [0.1, 0.15) is 15.9 Å². The Labute approximate surface area is 124 Å². The number of allylic oxidation sites excluding steroid dienone is 1. The first-order chi connectivity index (χ1) is 10.3. The Bertz CT molecular complexity index is 588. The number of aldehydes is 1. The minimum Gasteiger partial charge on any atom is -0.490 e. The molecule has 0 unspecified atom stereocenters. The van der Waals surface area contributed by atoms with Crippen molar-refractivity contribution in [3.05, 3.63) is 72.3 Å². The van der Waals surface area contributed by atoms with E-state index in [9.17, 15) is 4.79 Å². The lowest BCUT2D eigenvalue weighted by Gasteiger charge is -2.11. The second-order valence-corrected chi connectivity index (χ2v) is 4.48. The molecule has 0 amide bonds. The summed E-state index contributed by atoms with van der Waals surface area (Å²) in [7, 11) is 0. The predicted octanol–water partition coefficient (Wildman–Crippen LogP) is 3.69. The van der Waals surface area contributed by atoms with Crippen molar-refractivity contribution in [3.8, 4) is 11.5 Å². The third-order valence-corrected chi connectivity index (χ3v) is 2.96. The first-order valence-corrected chi connectivity index (χ1v) is 6.83. The maximum atomic E-state index is 10.6. The zero-order valence-electron chi connectivity index (χ0n) is 11.8. The van der Waals surface area contributed by atoms with Crippen molar-refractivity contribution in [2.24, 2.45) is 0 Å². The van der Waals surface area contributed by atoms with Crippen LogP contribution in [0.5, 0.6) is 11.5 Å². The molecule has 0 aliphatic rings. The third-order valence-electron chi connectivity index (χ3n) is 2.96. The van der Waals surface area contributed by atoms with Gasteiger partial charge in [0, 0.05) is 5.56 Å². The Kier molecular flexibility index (Phi) is 5.59. The molecule has 0 aliphatic heterocycles. The first kappa shape index (κ1) is 14.9. The summed E-state index contributed by atoms with van der Waals surface area (Å²) in [5.74, 6) is 1.58. The van der Waals surface area contributed by atoms with Crippen LogP contribution in [0.4, 0.5) is 0 Å². The van der Waals surface area contributed by atoms with Crippen LogP contribution >= 0.6 is 0 Å². The summed E-state index contributed by atoms with van der Waals surface area (Å²) in [5, 5.41) is 0. The highest BCUT2D eigenvalue weighted by molar-refractivity contribution is 5.74. The van der Waals surface area contributed by atoms with Gasteiger partial charge in [-0.3, -0.25) is 4.79 Å². The van der Waals surface area contributed by atoms with Crippen molar-refractivity contribution in [2.45, 2.75) is 6.42 Å². The quantitative estimate of drug-likeness (QED) is 0.421. The SMILES string of the molecule is C=CCc1ccccc1OCCOc1ccc(C=O)cc1. The molecule has 0 atom stereocenters. The molecule has 0 aromatic heterocycles. The molecule has 0 aliphatic carbocycles. The number of carbonyl (C=O) groups is 1. The normalized spacial score (nSPS) is 9.90. The van der Waals surface area contributed by atoms with Crippen LogP contribution < -0.4 is 9.47 Å². The number of carbonyl (C=O) groups excluding carboxylic acids is 1. The molecule has 21 heavy (non-hydrogen) atoms. The number of ether oxygens (including phenoxy) is 2. The van der Waals surface area contributed by atoms with E-state index in [0.29, 0.717) is 18.8 Å². The molecule has 0 fully saturated rings. The highest BCUT2D eigenvalue weighted by Gasteiger charge is 2.01. The van der Waals surface area contributed by atoms with Gasteiger partial charge in [0.25, 0.3) is 0 Å². The maximum Gasteiger partial charge on any atom is 0.150 e. The summed E-state index contributed by atoms with van der Waals surface area (Å²) < 4.78 is 11.3. The molecule has 0 saturated heterocycles. The van der Waals surface area contributed by atoms with Gasteiger partial charge in [0.1, 0.15) is 31.0 Å². The van der Waals surface area contributed by atoms with Gasteiger partial charge in [-0.25, -0.2) is 0 Å². The molecule has 2 aromatic rings. The second kappa shape index (κ2) is 7.90. The number of hydrogen-bond donors (Lipinski definition) is 0. The van der Waals surface area contributed by atoms with Crippen molar-refractivity contribution in [1.29, 1.82) is 0 Å². The summed E-state index contributed by atoms with van der Waals surface area (Å²) in [6.07, 6.45) is 3.45. The lowest BCUT2D eigenvalue weighted by molar-refractivity contribution is 0.112. The first-order valence-electron chi connectivity index (χ1n) is 6.83. The minimum absolute atomic E-state index is 0.447. The van der Waals surface area contributed by atoms with E-state index < -0.39 is 0 Å². The fourth-order valence-corrected chi connectivity index (χ4v) is 1.92. The highest BCUT2D eigenvalue weighted by Crippen LogP contribution is 2.18. The molecule has 0 spiro atoms.